The molecule has 1 heterocycles. The van der Waals surface area contributed by atoms with Crippen LogP contribution in [0.5, 0.6) is 0 Å². The van der Waals surface area contributed by atoms with Gasteiger partial charge in [-0.1, -0.05) is 61.9 Å². The lowest BCUT2D eigenvalue weighted by atomic mass is 9.87. The van der Waals surface area contributed by atoms with Crippen LogP contribution in [-0.2, 0) is 5.67 Å². The van der Waals surface area contributed by atoms with Gasteiger partial charge >= 0.3 is 0 Å². The zero-order chi connectivity index (χ0) is 15.6. The number of aromatic nitrogens is 1. The van der Waals surface area contributed by atoms with Gasteiger partial charge in [0.05, 0.1) is 5.69 Å². The molecule has 0 fully saturated rings. The Balaban J connectivity index is 2.24. The van der Waals surface area contributed by atoms with Gasteiger partial charge in [0.25, 0.3) is 0 Å². The molecule has 0 aliphatic carbocycles. The third-order valence-corrected chi connectivity index (χ3v) is 4.14. The number of fused-ring (bicyclic) bond motifs is 1. The van der Waals surface area contributed by atoms with Crippen molar-refractivity contribution in [2.24, 2.45) is 0 Å². The molecular weight excluding hydrogens is 273 g/mol. The average molecular weight is 293 g/mol. The fourth-order valence-corrected chi connectivity index (χ4v) is 3.08. The van der Waals surface area contributed by atoms with Crippen molar-refractivity contribution in [3.05, 3.63) is 66.4 Å². The third-order valence-electron chi connectivity index (χ3n) is 4.14. The van der Waals surface area contributed by atoms with Crippen LogP contribution in [0, 0.1) is 0 Å². The van der Waals surface area contributed by atoms with Crippen molar-refractivity contribution < 1.29 is 4.39 Å². The molecule has 3 aromatic rings. The van der Waals surface area contributed by atoms with E-state index in [0.29, 0.717) is 6.42 Å². The van der Waals surface area contributed by atoms with Crippen LogP contribution in [0.15, 0.2) is 60.8 Å². The van der Waals surface area contributed by atoms with Crippen LogP contribution in [0.3, 0.4) is 0 Å². The second-order valence-electron chi connectivity index (χ2n) is 5.87. The van der Waals surface area contributed by atoms with Crippen molar-refractivity contribution in [3.63, 3.8) is 0 Å². The number of pyridine rings is 1. The molecule has 1 unspecified atom stereocenters. The van der Waals surface area contributed by atoms with Crippen LogP contribution in [0.25, 0.3) is 22.0 Å². The molecular formula is C20H20FN. The second kappa shape index (κ2) is 5.88. The van der Waals surface area contributed by atoms with Crippen LogP contribution in [-0.4, -0.2) is 4.98 Å². The fraction of sp³-hybridized carbons (Fsp3) is 0.250. The minimum absolute atomic E-state index is 0.509. The maximum absolute atomic E-state index is 15.1. The Morgan fingerprint density at radius 1 is 1.00 bits per heavy atom. The van der Waals surface area contributed by atoms with Gasteiger partial charge < -0.3 is 0 Å². The summed E-state index contributed by atoms with van der Waals surface area (Å²) in [6.45, 7) is 3.68. The molecule has 0 radical (unpaired) electrons. The highest BCUT2D eigenvalue weighted by Crippen LogP contribution is 2.38. The monoisotopic (exact) mass is 293 g/mol. The van der Waals surface area contributed by atoms with Gasteiger partial charge in [0.1, 0.15) is 5.67 Å². The molecule has 0 N–H and O–H groups in total. The maximum Gasteiger partial charge on any atom is 0.133 e. The van der Waals surface area contributed by atoms with Gasteiger partial charge in [-0.05, 0) is 30.4 Å². The smallest absolute Gasteiger partial charge is 0.133 e. The lowest BCUT2D eigenvalue weighted by Gasteiger charge is -2.23. The molecule has 0 amide bonds. The van der Waals surface area contributed by atoms with Crippen LogP contribution in [0.4, 0.5) is 4.39 Å². The molecule has 1 atom stereocenters. The topological polar surface area (TPSA) is 12.9 Å². The molecule has 0 saturated carbocycles. The van der Waals surface area contributed by atoms with Crippen molar-refractivity contribution >= 4 is 10.8 Å². The Bertz CT molecular complexity index is 787. The Labute approximate surface area is 130 Å². The molecule has 1 nitrogen and oxygen atoms in total. The van der Waals surface area contributed by atoms with Crippen LogP contribution in [0.2, 0.25) is 0 Å². The van der Waals surface area contributed by atoms with Crippen LogP contribution < -0.4 is 0 Å². The summed E-state index contributed by atoms with van der Waals surface area (Å²) in [5.41, 5.74) is 1.12. The number of nitrogens with zero attached hydrogens (tertiary/aromatic N) is 1. The van der Waals surface area contributed by atoms with E-state index in [1.807, 2.05) is 55.5 Å². The summed E-state index contributed by atoms with van der Waals surface area (Å²) >= 11 is 0. The minimum Gasteiger partial charge on any atom is -0.256 e. The summed E-state index contributed by atoms with van der Waals surface area (Å²) in [6.07, 6.45) is 3.11. The normalized spacial score (nSPS) is 14.0. The van der Waals surface area contributed by atoms with E-state index < -0.39 is 5.67 Å². The molecule has 0 spiro atoms. The SMILES string of the molecule is CCCC(C)(F)c1ccccc1-c1nccc2ccccc12. The summed E-state index contributed by atoms with van der Waals surface area (Å²) in [6, 6.07) is 17.8. The highest BCUT2D eigenvalue weighted by molar-refractivity contribution is 5.95. The number of rotatable bonds is 4. The van der Waals surface area contributed by atoms with Gasteiger partial charge in [0.2, 0.25) is 0 Å². The van der Waals surface area contributed by atoms with Gasteiger partial charge in [-0.25, -0.2) is 4.39 Å². The predicted molar refractivity (Wildman–Crippen MR) is 90.5 cm³/mol. The Hall–Kier alpha value is -2.22. The molecule has 0 aliphatic heterocycles. The standard InChI is InChI=1S/C20H20FN/c1-3-13-20(2,21)18-11-7-6-10-17(18)19-16-9-5-4-8-15(16)12-14-22-19/h4-12,14H,3,13H2,1-2H3. The highest BCUT2D eigenvalue weighted by atomic mass is 19.1. The van der Waals surface area contributed by atoms with Crippen molar-refractivity contribution in [1.29, 1.82) is 0 Å². The number of benzene rings is 2. The first kappa shape index (κ1) is 14.7. The molecule has 0 saturated heterocycles. The first-order chi connectivity index (χ1) is 10.6. The highest BCUT2D eigenvalue weighted by Gasteiger charge is 2.28. The molecule has 3 rings (SSSR count). The molecule has 0 bridgehead atoms. The van der Waals surface area contributed by atoms with Gasteiger partial charge in [0.15, 0.2) is 0 Å². The first-order valence-corrected chi connectivity index (χ1v) is 7.76. The van der Waals surface area contributed by atoms with E-state index in [1.54, 1.807) is 13.1 Å². The number of alkyl halides is 1. The van der Waals surface area contributed by atoms with Gasteiger partial charge in [-0.3, -0.25) is 4.98 Å². The summed E-state index contributed by atoms with van der Waals surface area (Å²) in [5, 5.41) is 2.18. The van der Waals surface area contributed by atoms with Crippen molar-refractivity contribution in [2.45, 2.75) is 32.4 Å². The van der Waals surface area contributed by atoms with Crippen LogP contribution >= 0.6 is 0 Å². The summed E-state index contributed by atoms with van der Waals surface area (Å²) in [5.74, 6) is 0. The molecule has 0 aliphatic rings. The predicted octanol–water partition coefficient (Wildman–Crippen LogP) is 5.89. The lowest BCUT2D eigenvalue weighted by Crippen LogP contribution is -2.16. The molecule has 2 aromatic carbocycles. The van der Waals surface area contributed by atoms with Gasteiger partial charge in [0, 0.05) is 17.1 Å². The quantitative estimate of drug-likeness (QED) is 0.584. The molecule has 112 valence electrons. The van der Waals surface area contributed by atoms with Crippen molar-refractivity contribution in [1.82, 2.24) is 4.98 Å². The van der Waals surface area contributed by atoms with E-state index >= 15 is 4.39 Å². The Morgan fingerprint density at radius 2 is 1.73 bits per heavy atom. The van der Waals surface area contributed by atoms with Crippen molar-refractivity contribution in [2.75, 3.05) is 0 Å². The molecule has 22 heavy (non-hydrogen) atoms. The van der Waals surface area contributed by atoms with E-state index in [2.05, 4.69) is 11.1 Å². The van der Waals surface area contributed by atoms with Gasteiger partial charge in [-0.2, -0.15) is 0 Å². The van der Waals surface area contributed by atoms with E-state index in [9.17, 15) is 0 Å². The lowest BCUT2D eigenvalue weighted by molar-refractivity contribution is 0.176. The fourth-order valence-electron chi connectivity index (χ4n) is 3.08. The molecule has 2 heteroatoms. The minimum atomic E-state index is -1.34. The second-order valence-corrected chi connectivity index (χ2v) is 5.87. The molecule has 1 aromatic heterocycles. The van der Waals surface area contributed by atoms with Crippen LogP contribution in [0.1, 0.15) is 32.3 Å². The summed E-state index contributed by atoms with van der Waals surface area (Å²) in [7, 11) is 0. The largest absolute Gasteiger partial charge is 0.256 e. The van der Waals surface area contributed by atoms with Gasteiger partial charge in [-0.15, -0.1) is 0 Å². The Kier molecular flexibility index (Phi) is 3.93. The number of hydrogen-bond donors (Lipinski definition) is 0. The number of hydrogen-bond acceptors (Lipinski definition) is 1. The van der Waals surface area contributed by atoms with E-state index in [-0.39, 0.29) is 0 Å². The maximum atomic E-state index is 15.1. The third kappa shape index (κ3) is 2.61. The summed E-state index contributed by atoms with van der Waals surface area (Å²) < 4.78 is 15.1. The average Bonchev–Trinajstić information content (AvgIpc) is 2.54. The Morgan fingerprint density at radius 3 is 2.55 bits per heavy atom. The van der Waals surface area contributed by atoms with E-state index in [4.69, 9.17) is 0 Å². The zero-order valence-electron chi connectivity index (χ0n) is 13.0. The van der Waals surface area contributed by atoms with E-state index in [0.717, 1.165) is 34.0 Å². The number of halogens is 1. The first-order valence-electron chi connectivity index (χ1n) is 7.76. The van der Waals surface area contributed by atoms with Crippen molar-refractivity contribution in [3.8, 4) is 11.3 Å². The zero-order valence-corrected chi connectivity index (χ0v) is 13.0. The van der Waals surface area contributed by atoms with E-state index in [1.165, 1.54) is 0 Å². The summed E-state index contributed by atoms with van der Waals surface area (Å²) in [4.78, 5) is 4.54.